The summed E-state index contributed by atoms with van der Waals surface area (Å²) in [4.78, 5) is 24.8. The summed E-state index contributed by atoms with van der Waals surface area (Å²) in [5.74, 6) is -41.9. The number of rotatable bonds is 5. The summed E-state index contributed by atoms with van der Waals surface area (Å²) in [5, 5.41) is 0.970. The third-order valence-electron chi connectivity index (χ3n) is 5.41. The van der Waals surface area contributed by atoms with E-state index >= 15 is 4.39 Å². The van der Waals surface area contributed by atoms with Crippen LogP contribution in [-0.2, 0) is 9.53 Å². The molecule has 37 heavy (non-hydrogen) atoms. The zero-order valence-corrected chi connectivity index (χ0v) is 20.2. The minimum atomic E-state index is -7.46. The molecule has 1 aliphatic carbocycles. The first-order valence-corrected chi connectivity index (χ1v) is 11.3. The summed E-state index contributed by atoms with van der Waals surface area (Å²) in [5.41, 5.74) is -7.65. The van der Waals surface area contributed by atoms with Crippen LogP contribution in [-0.4, -0.2) is 53.8 Å². The monoisotopic (exact) mass is 633 g/mol. The van der Waals surface area contributed by atoms with Gasteiger partial charge in [0.25, 0.3) is 5.91 Å². The molecule has 0 aliphatic heterocycles. The van der Waals surface area contributed by atoms with Gasteiger partial charge in [0.2, 0.25) is 0 Å². The maximum Gasteiger partial charge on any atom is 0.384 e. The fourth-order valence-electron chi connectivity index (χ4n) is 3.39. The van der Waals surface area contributed by atoms with Crippen LogP contribution in [0.2, 0.25) is 0 Å². The van der Waals surface area contributed by atoms with E-state index in [9.17, 15) is 53.5 Å². The average molecular weight is 634 g/mol. The first-order valence-electron chi connectivity index (χ1n) is 9.68. The third kappa shape index (κ3) is 3.66. The Morgan fingerprint density at radius 2 is 1.30 bits per heavy atom. The van der Waals surface area contributed by atoms with Crippen molar-refractivity contribution in [1.29, 1.82) is 0 Å². The summed E-state index contributed by atoms with van der Waals surface area (Å²) in [6.07, 6.45) is 0. The Morgan fingerprint density at radius 1 is 0.838 bits per heavy atom. The van der Waals surface area contributed by atoms with Gasteiger partial charge in [-0.2, -0.15) is 43.9 Å². The van der Waals surface area contributed by atoms with E-state index in [1.807, 2.05) is 0 Å². The normalized spacial score (nSPS) is 22.2. The standard InChI is InChI=1S/C20H11BrF11NO3S/c1-2-36-13(34)11-10(8-3-5-9(21)6-4-8)7-37-12(11)33-14(35)15(22)16(23,24)18(27,28)20(31,32)19(29,30)17(15,25)26/h3-7H,2H2,1H3,(H,33,35). The summed E-state index contributed by atoms with van der Waals surface area (Å²) in [6, 6.07) is 5.63. The van der Waals surface area contributed by atoms with E-state index in [1.54, 1.807) is 0 Å². The van der Waals surface area contributed by atoms with Gasteiger partial charge in [-0.3, -0.25) is 4.79 Å². The Kier molecular flexibility index (Phi) is 6.94. The molecule has 17 heteroatoms. The number of nitrogens with one attached hydrogen (secondary N) is 1. The Morgan fingerprint density at radius 3 is 1.76 bits per heavy atom. The Labute approximate surface area is 211 Å². The van der Waals surface area contributed by atoms with Crippen molar-refractivity contribution >= 4 is 44.1 Å². The zero-order chi connectivity index (χ0) is 28.4. The van der Waals surface area contributed by atoms with Gasteiger partial charge < -0.3 is 10.1 Å². The third-order valence-corrected chi connectivity index (χ3v) is 6.83. The van der Waals surface area contributed by atoms with Crippen molar-refractivity contribution < 1.29 is 62.6 Å². The van der Waals surface area contributed by atoms with E-state index < -0.39 is 57.7 Å². The highest BCUT2D eigenvalue weighted by Gasteiger charge is 3.02. The van der Waals surface area contributed by atoms with Crippen LogP contribution in [0.1, 0.15) is 17.3 Å². The Balaban J connectivity index is 2.18. The van der Waals surface area contributed by atoms with E-state index in [2.05, 4.69) is 15.9 Å². The number of hydrogen-bond donors (Lipinski definition) is 1. The lowest BCUT2D eigenvalue weighted by molar-refractivity contribution is -0.475. The minimum absolute atomic E-state index is 0.150. The summed E-state index contributed by atoms with van der Waals surface area (Å²) < 4.78 is 159. The summed E-state index contributed by atoms with van der Waals surface area (Å²) in [6.45, 7) is 0.963. The molecule has 1 aliphatic rings. The van der Waals surface area contributed by atoms with Crippen molar-refractivity contribution in [2.24, 2.45) is 0 Å². The minimum Gasteiger partial charge on any atom is -0.462 e. The van der Waals surface area contributed by atoms with E-state index in [0.717, 1.165) is 10.7 Å². The van der Waals surface area contributed by atoms with Crippen LogP contribution in [0.25, 0.3) is 11.1 Å². The largest absolute Gasteiger partial charge is 0.462 e. The number of thiophene rings is 1. The Hall–Kier alpha value is -2.43. The first kappa shape index (κ1) is 29.1. The van der Waals surface area contributed by atoms with E-state index in [0.29, 0.717) is 4.47 Å². The molecule has 4 nitrogen and oxygen atoms in total. The molecule has 1 heterocycles. The van der Waals surface area contributed by atoms with E-state index in [4.69, 9.17) is 4.74 Å². The van der Waals surface area contributed by atoms with Gasteiger partial charge in [-0.1, -0.05) is 28.1 Å². The van der Waals surface area contributed by atoms with Gasteiger partial charge in [0.05, 0.1) is 6.61 Å². The highest BCUT2D eigenvalue weighted by Crippen LogP contribution is 2.69. The molecule has 0 bridgehead atoms. The van der Waals surface area contributed by atoms with Crippen LogP contribution >= 0.6 is 27.3 Å². The maximum absolute atomic E-state index is 15.1. The molecule has 1 aromatic carbocycles. The molecule has 1 saturated carbocycles. The van der Waals surface area contributed by atoms with Gasteiger partial charge in [-0.05, 0) is 24.6 Å². The molecule has 0 spiro atoms. The molecule has 2 aromatic rings. The van der Waals surface area contributed by atoms with Crippen molar-refractivity contribution in [2.45, 2.75) is 42.2 Å². The molecule has 1 N–H and O–H groups in total. The second-order valence-corrected chi connectivity index (χ2v) is 9.36. The number of alkyl halides is 11. The lowest BCUT2D eigenvalue weighted by atomic mass is 9.71. The number of hydrogen-bond acceptors (Lipinski definition) is 4. The number of carbonyl (C=O) groups excluding carboxylic acids is 2. The van der Waals surface area contributed by atoms with Gasteiger partial charge in [0.15, 0.2) is 0 Å². The number of esters is 1. The molecule has 204 valence electrons. The van der Waals surface area contributed by atoms with Gasteiger partial charge in [-0.15, -0.1) is 11.3 Å². The summed E-state index contributed by atoms with van der Waals surface area (Å²) in [7, 11) is 0. The first-order chi connectivity index (χ1) is 16.7. The number of benzene rings is 1. The molecule has 0 radical (unpaired) electrons. The topological polar surface area (TPSA) is 55.4 Å². The second kappa shape index (κ2) is 8.81. The zero-order valence-electron chi connectivity index (χ0n) is 17.8. The van der Waals surface area contributed by atoms with E-state index in [-0.39, 0.29) is 29.1 Å². The van der Waals surface area contributed by atoms with Gasteiger partial charge in [0, 0.05) is 15.4 Å². The molecule has 1 amide bonds. The van der Waals surface area contributed by atoms with Crippen LogP contribution in [0.15, 0.2) is 34.1 Å². The average Bonchev–Trinajstić information content (AvgIpc) is 3.21. The van der Waals surface area contributed by atoms with Crippen LogP contribution in [0.4, 0.5) is 53.3 Å². The number of halogens is 12. The number of ether oxygens (including phenoxy) is 1. The smallest absolute Gasteiger partial charge is 0.384 e. The van der Waals surface area contributed by atoms with Crippen LogP contribution in [0, 0.1) is 0 Å². The molecular formula is C20H11BrF11NO3S. The molecule has 1 aromatic heterocycles. The van der Waals surface area contributed by atoms with Crippen molar-refractivity contribution in [3.63, 3.8) is 0 Å². The number of carbonyl (C=O) groups is 2. The molecule has 3 rings (SSSR count). The molecule has 0 atom stereocenters. The van der Waals surface area contributed by atoms with Gasteiger partial charge in [-0.25, -0.2) is 9.18 Å². The predicted octanol–water partition coefficient (Wildman–Crippen LogP) is 7.19. The molecule has 0 saturated heterocycles. The second-order valence-electron chi connectivity index (χ2n) is 7.57. The quantitative estimate of drug-likeness (QED) is 0.280. The SMILES string of the molecule is CCOC(=O)c1c(-c2ccc(Br)cc2)csc1NC(=O)C1(F)C(F)(F)C(F)(F)C(F)(F)C(F)(F)C1(F)F. The molecular weight excluding hydrogens is 623 g/mol. The molecule has 1 fully saturated rings. The predicted molar refractivity (Wildman–Crippen MR) is 111 cm³/mol. The maximum atomic E-state index is 15.1. The number of anilines is 1. The Bertz CT molecular complexity index is 1200. The lowest BCUT2D eigenvalue weighted by Gasteiger charge is -2.51. The van der Waals surface area contributed by atoms with Gasteiger partial charge in [0.1, 0.15) is 10.6 Å². The van der Waals surface area contributed by atoms with Crippen LogP contribution < -0.4 is 5.32 Å². The highest BCUT2D eigenvalue weighted by atomic mass is 79.9. The van der Waals surface area contributed by atoms with E-state index in [1.165, 1.54) is 31.2 Å². The van der Waals surface area contributed by atoms with Crippen molar-refractivity contribution in [3.8, 4) is 11.1 Å². The van der Waals surface area contributed by atoms with Crippen molar-refractivity contribution in [1.82, 2.24) is 0 Å². The fraction of sp³-hybridized carbons (Fsp3) is 0.400. The van der Waals surface area contributed by atoms with Crippen LogP contribution in [0.3, 0.4) is 0 Å². The molecule has 0 unspecified atom stereocenters. The number of amides is 1. The van der Waals surface area contributed by atoms with Gasteiger partial charge >= 0.3 is 41.3 Å². The highest BCUT2D eigenvalue weighted by molar-refractivity contribution is 9.10. The summed E-state index contributed by atoms with van der Waals surface area (Å²) >= 11 is 3.32. The fourth-order valence-corrected chi connectivity index (χ4v) is 4.61. The van der Waals surface area contributed by atoms with Crippen LogP contribution in [0.5, 0.6) is 0 Å². The van der Waals surface area contributed by atoms with Crippen molar-refractivity contribution in [3.05, 3.63) is 39.7 Å². The van der Waals surface area contributed by atoms with Crippen molar-refractivity contribution in [2.75, 3.05) is 11.9 Å². The lowest BCUT2D eigenvalue weighted by Crippen LogP contribution is -2.86.